The van der Waals surface area contributed by atoms with Crippen molar-refractivity contribution in [3.63, 3.8) is 0 Å². The zero-order valence-electron chi connectivity index (χ0n) is 19.1. The molecule has 0 saturated carbocycles. The van der Waals surface area contributed by atoms with Crippen LogP contribution in [0.15, 0.2) is 70.9 Å². The molecule has 2 fully saturated rings. The summed E-state index contributed by atoms with van der Waals surface area (Å²) in [6, 6.07) is 17.5. The van der Waals surface area contributed by atoms with Crippen LogP contribution in [-0.2, 0) is 23.9 Å². The number of β-lactam (4-membered cyclic amide) rings is 1. The van der Waals surface area contributed by atoms with E-state index in [1.807, 2.05) is 74.5 Å². The molecule has 0 bridgehead atoms. The largest absolute Gasteiger partial charge is 0.467 e. The van der Waals surface area contributed by atoms with Gasteiger partial charge >= 0.3 is 11.9 Å². The number of amides is 1. The number of rotatable bonds is 5. The average Bonchev–Trinajstić information content (AvgIpc) is 3.43. The van der Waals surface area contributed by atoms with Crippen LogP contribution in [0.4, 0.5) is 0 Å². The van der Waals surface area contributed by atoms with Gasteiger partial charge in [-0.05, 0) is 25.0 Å². The van der Waals surface area contributed by atoms with Crippen molar-refractivity contribution in [2.75, 3.05) is 7.11 Å². The number of fused-ring (bicyclic) bond motifs is 2. The Kier molecular flexibility index (Phi) is 5.47. The van der Waals surface area contributed by atoms with Crippen LogP contribution in [-0.4, -0.2) is 57.6 Å². The van der Waals surface area contributed by atoms with Crippen molar-refractivity contribution in [2.24, 2.45) is 10.2 Å². The van der Waals surface area contributed by atoms with Crippen molar-refractivity contribution >= 4 is 29.6 Å². The summed E-state index contributed by atoms with van der Waals surface area (Å²) in [5.41, 5.74) is 0.562. The normalized spacial score (nSPS) is 28.6. The van der Waals surface area contributed by atoms with Gasteiger partial charge in [-0.3, -0.25) is 4.79 Å². The molecule has 3 aliphatic rings. The number of hydrogen-bond donors (Lipinski definition) is 0. The van der Waals surface area contributed by atoms with E-state index in [1.54, 1.807) is 4.90 Å². The topological polar surface area (TPSA) is 97.6 Å². The molecule has 5 rings (SSSR count). The molecule has 4 atom stereocenters. The average molecular weight is 480 g/mol. The quantitative estimate of drug-likeness (QED) is 0.481. The van der Waals surface area contributed by atoms with Gasteiger partial charge in [0.05, 0.1) is 7.11 Å². The van der Waals surface area contributed by atoms with Crippen molar-refractivity contribution in [1.82, 2.24) is 4.90 Å². The van der Waals surface area contributed by atoms with Gasteiger partial charge < -0.3 is 14.4 Å². The predicted octanol–water partition coefficient (Wildman–Crippen LogP) is 3.52. The molecule has 2 aromatic carbocycles. The molecule has 3 heterocycles. The number of carbonyl (C=O) groups is 3. The minimum atomic E-state index is -1.13. The second-order valence-electron chi connectivity index (χ2n) is 9.21. The highest BCUT2D eigenvalue weighted by Gasteiger charge is 2.74. The number of nitrogens with zero attached hydrogens (tertiary/aromatic N) is 3. The smallest absolute Gasteiger partial charge is 0.332 e. The van der Waals surface area contributed by atoms with E-state index in [9.17, 15) is 14.4 Å². The summed E-state index contributed by atoms with van der Waals surface area (Å²) in [4.78, 5) is 40.5. The Labute approximate surface area is 201 Å². The molecule has 34 heavy (non-hydrogen) atoms. The van der Waals surface area contributed by atoms with Gasteiger partial charge in [-0.2, -0.15) is 10.2 Å². The molecule has 9 heteroatoms. The van der Waals surface area contributed by atoms with Crippen LogP contribution in [0.3, 0.4) is 0 Å². The molecule has 1 spiro atoms. The molecule has 0 N–H and O–H groups in total. The molecule has 8 nitrogen and oxygen atoms in total. The fraction of sp³-hybridized carbons (Fsp3) is 0.400. The number of carbonyl (C=O) groups excluding carboxylic acids is 3. The van der Waals surface area contributed by atoms with Crippen molar-refractivity contribution in [3.05, 3.63) is 71.8 Å². The minimum absolute atomic E-state index is 0.154. The van der Waals surface area contributed by atoms with Crippen LogP contribution in [0, 0.1) is 0 Å². The number of hydrogen-bond acceptors (Lipinski definition) is 8. The van der Waals surface area contributed by atoms with E-state index in [0.29, 0.717) is 0 Å². The Bertz CT molecular complexity index is 1120. The van der Waals surface area contributed by atoms with Crippen LogP contribution in [0.2, 0.25) is 0 Å². The molecular weight excluding hydrogens is 454 g/mol. The molecule has 3 aliphatic heterocycles. The highest BCUT2D eigenvalue weighted by atomic mass is 32.2. The van der Waals surface area contributed by atoms with Gasteiger partial charge in [-0.1, -0.05) is 60.7 Å². The first-order valence-electron chi connectivity index (χ1n) is 11.1. The Balaban J connectivity index is 1.41. The second-order valence-corrected chi connectivity index (χ2v) is 10.9. The third-order valence-electron chi connectivity index (χ3n) is 6.63. The van der Waals surface area contributed by atoms with E-state index in [4.69, 9.17) is 9.47 Å². The zero-order valence-corrected chi connectivity index (χ0v) is 19.9. The number of azo groups is 1. The van der Waals surface area contributed by atoms with Gasteiger partial charge in [0.15, 0.2) is 17.7 Å². The van der Waals surface area contributed by atoms with E-state index in [1.165, 1.54) is 18.9 Å². The van der Waals surface area contributed by atoms with E-state index in [-0.39, 0.29) is 12.3 Å². The monoisotopic (exact) mass is 479 g/mol. The summed E-state index contributed by atoms with van der Waals surface area (Å²) >= 11 is 1.49. The zero-order chi connectivity index (χ0) is 24.1. The highest BCUT2D eigenvalue weighted by Crippen LogP contribution is 2.59. The van der Waals surface area contributed by atoms with Crippen molar-refractivity contribution < 1.29 is 23.9 Å². The number of methoxy groups -OCH3 is 1. The molecular formula is C25H25N3O5S. The van der Waals surface area contributed by atoms with Crippen LogP contribution in [0.25, 0.3) is 0 Å². The van der Waals surface area contributed by atoms with E-state index >= 15 is 0 Å². The summed E-state index contributed by atoms with van der Waals surface area (Å²) < 4.78 is 10.3. The maximum Gasteiger partial charge on any atom is 0.332 e. The number of esters is 2. The minimum Gasteiger partial charge on any atom is -0.467 e. The lowest BCUT2D eigenvalue weighted by Crippen LogP contribution is -2.72. The SMILES string of the molecule is COC(=O)C1CC2(N=N1)C(=O)N1[C@@H](C(=O)OC(c3ccccc3)c3ccccc3)C(C)(C)S[C@@H]12. The maximum absolute atomic E-state index is 13.6. The first kappa shape index (κ1) is 22.6. The van der Waals surface area contributed by atoms with Gasteiger partial charge in [0.25, 0.3) is 5.91 Å². The number of thioether (sulfide) groups is 1. The molecule has 2 unspecified atom stereocenters. The van der Waals surface area contributed by atoms with Crippen molar-refractivity contribution in [3.8, 4) is 0 Å². The van der Waals surface area contributed by atoms with Crippen LogP contribution >= 0.6 is 11.8 Å². The summed E-state index contributed by atoms with van der Waals surface area (Å²) in [7, 11) is 1.28. The lowest BCUT2D eigenvalue weighted by molar-refractivity contribution is -0.170. The molecule has 1 amide bonds. The summed E-state index contributed by atoms with van der Waals surface area (Å²) in [6.07, 6.45) is -0.448. The highest BCUT2D eigenvalue weighted by molar-refractivity contribution is 8.01. The predicted molar refractivity (Wildman–Crippen MR) is 125 cm³/mol. The lowest BCUT2D eigenvalue weighted by atomic mass is 9.81. The number of ether oxygens (including phenoxy) is 2. The van der Waals surface area contributed by atoms with Gasteiger partial charge in [0.1, 0.15) is 11.4 Å². The Hall–Kier alpha value is -3.20. The molecule has 0 aromatic heterocycles. The van der Waals surface area contributed by atoms with Gasteiger partial charge in [-0.15, -0.1) is 11.8 Å². The van der Waals surface area contributed by atoms with Crippen molar-refractivity contribution in [1.29, 1.82) is 0 Å². The van der Waals surface area contributed by atoms with Crippen LogP contribution in [0.1, 0.15) is 37.5 Å². The summed E-state index contributed by atoms with van der Waals surface area (Å²) in [5.74, 6) is -1.29. The number of benzene rings is 2. The lowest BCUT2D eigenvalue weighted by Gasteiger charge is -2.48. The second kappa shape index (κ2) is 8.23. The summed E-state index contributed by atoms with van der Waals surface area (Å²) in [5, 5.41) is 7.84. The molecule has 176 valence electrons. The summed E-state index contributed by atoms with van der Waals surface area (Å²) in [6.45, 7) is 3.85. The molecule has 2 saturated heterocycles. The molecule has 0 radical (unpaired) electrons. The van der Waals surface area contributed by atoms with Gasteiger partial charge in [0, 0.05) is 11.2 Å². The Morgan fingerprint density at radius 3 is 2.18 bits per heavy atom. The molecule has 0 aliphatic carbocycles. The van der Waals surface area contributed by atoms with Crippen LogP contribution in [0.5, 0.6) is 0 Å². The van der Waals surface area contributed by atoms with Gasteiger partial charge in [-0.25, -0.2) is 9.59 Å². The van der Waals surface area contributed by atoms with Gasteiger partial charge in [0.2, 0.25) is 0 Å². The fourth-order valence-electron chi connectivity index (χ4n) is 4.95. The fourth-order valence-corrected chi connectivity index (χ4v) is 6.64. The van der Waals surface area contributed by atoms with Crippen LogP contribution < -0.4 is 0 Å². The third kappa shape index (κ3) is 3.41. The first-order chi connectivity index (χ1) is 16.3. The van der Waals surface area contributed by atoms with E-state index < -0.39 is 45.8 Å². The first-order valence-corrected chi connectivity index (χ1v) is 12.0. The Morgan fingerprint density at radius 2 is 1.62 bits per heavy atom. The molecule has 2 aromatic rings. The van der Waals surface area contributed by atoms with E-state index in [0.717, 1.165) is 11.1 Å². The Morgan fingerprint density at radius 1 is 1.03 bits per heavy atom. The standard InChI is InChI=1S/C25H25N3O5S/c1-24(2)19(28-22(31)25(23(28)34-24)14-17(26-27-25)20(29)32-3)21(30)33-18(15-10-6-4-7-11-15)16-12-8-5-9-13-16/h4-13,17-19,23H,14H2,1-3H3/t17?,19-,23+,25?/m0/s1. The van der Waals surface area contributed by atoms with Crippen molar-refractivity contribution in [2.45, 2.75) is 54.1 Å². The maximum atomic E-state index is 13.6. The van der Waals surface area contributed by atoms with E-state index in [2.05, 4.69) is 10.2 Å². The third-order valence-corrected chi connectivity index (χ3v) is 8.30.